The number of nitrogens with zero attached hydrogens (tertiary/aromatic N) is 2. The van der Waals surface area contributed by atoms with E-state index < -0.39 is 0 Å². The summed E-state index contributed by atoms with van der Waals surface area (Å²) < 4.78 is 0. The summed E-state index contributed by atoms with van der Waals surface area (Å²) in [6, 6.07) is 15.9. The first-order chi connectivity index (χ1) is 9.84. The van der Waals surface area contributed by atoms with E-state index in [0.29, 0.717) is 12.2 Å². The third-order valence-corrected chi connectivity index (χ3v) is 3.55. The summed E-state index contributed by atoms with van der Waals surface area (Å²) in [6.07, 6.45) is 1.66. The van der Waals surface area contributed by atoms with Gasteiger partial charge in [-0.15, -0.1) is 0 Å². The molecule has 3 rings (SSSR count). The number of pyridine rings is 1. The van der Waals surface area contributed by atoms with Crippen LogP contribution in [0.1, 0.15) is 22.1 Å². The first-order valence-corrected chi connectivity index (χ1v) is 6.83. The Bertz CT molecular complexity index is 571. The largest absolute Gasteiger partial charge is 0.334 e. The molecule has 0 radical (unpaired) electrons. The summed E-state index contributed by atoms with van der Waals surface area (Å²) in [4.78, 5) is 18.4. The number of hydrogen-bond acceptors (Lipinski definition) is 3. The molecule has 1 aliphatic heterocycles. The van der Waals surface area contributed by atoms with E-state index in [1.54, 1.807) is 12.3 Å². The molecule has 2 heterocycles. The molecule has 2 aromatic rings. The molecule has 1 fully saturated rings. The Balaban J connectivity index is 1.74. The summed E-state index contributed by atoms with van der Waals surface area (Å²) in [5.41, 5.74) is 1.73. The van der Waals surface area contributed by atoms with E-state index in [9.17, 15) is 4.79 Å². The maximum Gasteiger partial charge on any atom is 0.272 e. The van der Waals surface area contributed by atoms with Crippen LogP contribution in [0.4, 0.5) is 0 Å². The number of aromatic nitrogens is 1. The van der Waals surface area contributed by atoms with Crippen molar-refractivity contribution in [3.63, 3.8) is 0 Å². The topological polar surface area (TPSA) is 45.2 Å². The van der Waals surface area contributed by atoms with Crippen molar-refractivity contribution in [2.45, 2.75) is 6.04 Å². The summed E-state index contributed by atoms with van der Waals surface area (Å²) in [7, 11) is 0. The van der Waals surface area contributed by atoms with Crippen LogP contribution in [0.25, 0.3) is 0 Å². The van der Waals surface area contributed by atoms with Gasteiger partial charge in [0.25, 0.3) is 5.91 Å². The van der Waals surface area contributed by atoms with Crippen molar-refractivity contribution in [3.8, 4) is 0 Å². The lowest BCUT2D eigenvalue weighted by molar-refractivity contribution is 0.0697. The molecule has 20 heavy (non-hydrogen) atoms. The van der Waals surface area contributed by atoms with Crippen molar-refractivity contribution >= 4 is 5.91 Å². The molecule has 1 aromatic carbocycles. The molecule has 1 unspecified atom stereocenters. The number of amides is 1. The van der Waals surface area contributed by atoms with Crippen LogP contribution in [-0.4, -0.2) is 35.4 Å². The minimum atomic E-state index is 0.00744. The van der Waals surface area contributed by atoms with E-state index in [0.717, 1.165) is 13.1 Å². The Morgan fingerprint density at radius 1 is 1.15 bits per heavy atom. The predicted molar refractivity (Wildman–Crippen MR) is 77.3 cm³/mol. The molecular formula is C16H17N3O. The number of hydrogen-bond donors (Lipinski definition) is 1. The SMILES string of the molecule is O=C(c1ccccn1)N1CCNC(c2ccccc2)C1. The lowest BCUT2D eigenvalue weighted by atomic mass is 10.0. The molecule has 4 heteroatoms. The fraction of sp³-hybridized carbons (Fsp3) is 0.250. The van der Waals surface area contributed by atoms with Crippen molar-refractivity contribution in [2.75, 3.05) is 19.6 Å². The summed E-state index contributed by atoms with van der Waals surface area (Å²) in [5, 5.41) is 3.46. The molecule has 102 valence electrons. The minimum absolute atomic E-state index is 0.00744. The molecule has 1 aromatic heterocycles. The third-order valence-electron chi connectivity index (χ3n) is 3.55. The molecule has 0 spiro atoms. The highest BCUT2D eigenvalue weighted by Crippen LogP contribution is 2.18. The standard InChI is InChI=1S/C16H17N3O/c20-16(14-8-4-5-9-17-14)19-11-10-18-15(12-19)13-6-2-1-3-7-13/h1-9,15,18H,10-12H2. The Kier molecular flexibility index (Phi) is 3.74. The first kappa shape index (κ1) is 12.8. The molecule has 1 aliphatic rings. The molecule has 0 bridgehead atoms. The molecule has 0 aliphatic carbocycles. The fourth-order valence-corrected chi connectivity index (χ4v) is 2.49. The van der Waals surface area contributed by atoms with Gasteiger partial charge in [-0.05, 0) is 17.7 Å². The zero-order valence-electron chi connectivity index (χ0n) is 11.2. The Hall–Kier alpha value is -2.20. The maximum absolute atomic E-state index is 12.4. The normalized spacial score (nSPS) is 18.8. The first-order valence-electron chi connectivity index (χ1n) is 6.83. The molecule has 1 saturated heterocycles. The Morgan fingerprint density at radius 2 is 1.95 bits per heavy atom. The van der Waals surface area contributed by atoms with Gasteiger partial charge in [-0.2, -0.15) is 0 Å². The van der Waals surface area contributed by atoms with E-state index in [-0.39, 0.29) is 11.9 Å². The number of piperazine rings is 1. The van der Waals surface area contributed by atoms with Gasteiger partial charge in [-0.3, -0.25) is 9.78 Å². The third kappa shape index (κ3) is 2.70. The van der Waals surface area contributed by atoms with Crippen molar-refractivity contribution in [2.24, 2.45) is 0 Å². The highest BCUT2D eigenvalue weighted by Gasteiger charge is 2.25. The lowest BCUT2D eigenvalue weighted by Gasteiger charge is -2.33. The molecule has 1 amide bonds. The zero-order valence-corrected chi connectivity index (χ0v) is 11.2. The van der Waals surface area contributed by atoms with Gasteiger partial charge < -0.3 is 10.2 Å². The van der Waals surface area contributed by atoms with Gasteiger partial charge in [0.15, 0.2) is 0 Å². The van der Waals surface area contributed by atoms with Crippen molar-refractivity contribution in [1.29, 1.82) is 0 Å². The smallest absolute Gasteiger partial charge is 0.272 e. The second kappa shape index (κ2) is 5.84. The zero-order chi connectivity index (χ0) is 13.8. The average Bonchev–Trinajstić information content (AvgIpc) is 2.56. The minimum Gasteiger partial charge on any atom is -0.334 e. The van der Waals surface area contributed by atoms with Crippen LogP contribution < -0.4 is 5.32 Å². The van der Waals surface area contributed by atoms with E-state index in [2.05, 4.69) is 22.4 Å². The van der Waals surface area contributed by atoms with E-state index in [1.165, 1.54) is 5.56 Å². The van der Waals surface area contributed by atoms with Gasteiger partial charge in [-0.25, -0.2) is 0 Å². The van der Waals surface area contributed by atoms with E-state index >= 15 is 0 Å². The summed E-state index contributed by atoms with van der Waals surface area (Å²) in [5.74, 6) is 0.00744. The van der Waals surface area contributed by atoms with Crippen molar-refractivity contribution in [1.82, 2.24) is 15.2 Å². The van der Waals surface area contributed by atoms with Gasteiger partial charge in [0.2, 0.25) is 0 Å². The molecule has 0 saturated carbocycles. The molecule has 1 N–H and O–H groups in total. The van der Waals surface area contributed by atoms with Crippen LogP contribution in [0.3, 0.4) is 0 Å². The van der Waals surface area contributed by atoms with Gasteiger partial charge in [0.05, 0.1) is 0 Å². The van der Waals surface area contributed by atoms with Crippen molar-refractivity contribution in [3.05, 3.63) is 66.0 Å². The van der Waals surface area contributed by atoms with Crippen LogP contribution in [0.5, 0.6) is 0 Å². The predicted octanol–water partition coefficient (Wildman–Crippen LogP) is 1.87. The number of rotatable bonds is 2. The number of carbonyl (C=O) groups excluding carboxylic acids is 1. The maximum atomic E-state index is 12.4. The highest BCUT2D eigenvalue weighted by molar-refractivity contribution is 5.92. The molecule has 4 nitrogen and oxygen atoms in total. The fourth-order valence-electron chi connectivity index (χ4n) is 2.49. The number of nitrogens with one attached hydrogen (secondary N) is 1. The van der Waals surface area contributed by atoms with Crippen molar-refractivity contribution < 1.29 is 4.79 Å². The number of benzene rings is 1. The van der Waals surface area contributed by atoms with Gasteiger partial charge in [-0.1, -0.05) is 36.4 Å². The Labute approximate surface area is 118 Å². The monoisotopic (exact) mass is 267 g/mol. The van der Waals surface area contributed by atoms with Crippen LogP contribution in [0, 0.1) is 0 Å². The van der Waals surface area contributed by atoms with Crippen LogP contribution in [0.2, 0.25) is 0 Å². The molecular weight excluding hydrogens is 250 g/mol. The van der Waals surface area contributed by atoms with Gasteiger partial charge in [0.1, 0.15) is 5.69 Å². The van der Waals surface area contributed by atoms with Gasteiger partial charge >= 0.3 is 0 Å². The average molecular weight is 267 g/mol. The lowest BCUT2D eigenvalue weighted by Crippen LogP contribution is -2.48. The van der Waals surface area contributed by atoms with E-state index in [1.807, 2.05) is 35.2 Å². The second-order valence-corrected chi connectivity index (χ2v) is 4.88. The quantitative estimate of drug-likeness (QED) is 0.903. The van der Waals surface area contributed by atoms with Gasteiger partial charge in [0, 0.05) is 31.9 Å². The van der Waals surface area contributed by atoms with Crippen LogP contribution in [0.15, 0.2) is 54.7 Å². The number of carbonyl (C=O) groups is 1. The highest BCUT2D eigenvalue weighted by atomic mass is 16.2. The Morgan fingerprint density at radius 3 is 2.70 bits per heavy atom. The van der Waals surface area contributed by atoms with Crippen LogP contribution >= 0.6 is 0 Å². The van der Waals surface area contributed by atoms with E-state index in [4.69, 9.17) is 0 Å². The summed E-state index contributed by atoms with van der Waals surface area (Å²) in [6.45, 7) is 2.20. The summed E-state index contributed by atoms with van der Waals surface area (Å²) >= 11 is 0. The van der Waals surface area contributed by atoms with Crippen LogP contribution in [-0.2, 0) is 0 Å². The second-order valence-electron chi connectivity index (χ2n) is 4.88. The molecule has 1 atom stereocenters.